The minimum Gasteiger partial charge on any atom is -0.450 e. The predicted molar refractivity (Wildman–Crippen MR) is 148 cm³/mol. The van der Waals surface area contributed by atoms with Crippen molar-refractivity contribution in [1.29, 1.82) is 0 Å². The molecular weight excluding hydrogens is 502 g/mol. The predicted octanol–water partition coefficient (Wildman–Crippen LogP) is 1.79. The Labute approximate surface area is 231 Å². The molecule has 0 saturated carbocycles. The number of alkyl carbamates (subject to hydrolysis) is 1. The first-order chi connectivity index (χ1) is 18.4. The molecule has 11 nitrogen and oxygen atoms in total. The molecule has 0 saturated heterocycles. The lowest BCUT2D eigenvalue weighted by molar-refractivity contribution is -0.134. The van der Waals surface area contributed by atoms with Crippen LogP contribution in [0.2, 0.25) is 0 Å². The Bertz CT molecular complexity index is 953. The van der Waals surface area contributed by atoms with E-state index in [-0.39, 0.29) is 24.9 Å². The Balaban J connectivity index is 3.05. The zero-order valence-corrected chi connectivity index (χ0v) is 23.9. The summed E-state index contributed by atoms with van der Waals surface area (Å²) in [6.07, 6.45) is 0.720. The van der Waals surface area contributed by atoms with Gasteiger partial charge in [0.2, 0.25) is 23.6 Å². The lowest BCUT2D eigenvalue weighted by atomic mass is 9.99. The molecule has 6 N–H and O–H groups in total. The average molecular weight is 548 g/mol. The number of carbonyl (C=O) groups excluding carboxylic acids is 5. The molecule has 0 fully saturated rings. The maximum atomic E-state index is 13.3. The summed E-state index contributed by atoms with van der Waals surface area (Å²) in [5.74, 6) is -2.50. The third kappa shape index (κ3) is 12.2. The van der Waals surface area contributed by atoms with Crippen molar-refractivity contribution in [2.75, 3.05) is 6.61 Å². The van der Waals surface area contributed by atoms with Crippen molar-refractivity contribution in [2.24, 2.45) is 17.6 Å². The summed E-state index contributed by atoms with van der Waals surface area (Å²) in [5.41, 5.74) is 6.27. The molecule has 0 aliphatic rings. The topological polar surface area (TPSA) is 169 Å². The number of ether oxygens (including phenoxy) is 1. The van der Waals surface area contributed by atoms with E-state index < -0.39 is 53.9 Å². The van der Waals surface area contributed by atoms with Gasteiger partial charge in [-0.2, -0.15) is 0 Å². The lowest BCUT2D eigenvalue weighted by Gasteiger charge is -2.28. The summed E-state index contributed by atoms with van der Waals surface area (Å²) in [7, 11) is 0. The fraction of sp³-hybridized carbons (Fsp3) is 0.607. The summed E-state index contributed by atoms with van der Waals surface area (Å²) < 4.78 is 4.95. The van der Waals surface area contributed by atoms with Crippen molar-refractivity contribution in [3.05, 3.63) is 35.9 Å². The van der Waals surface area contributed by atoms with Crippen LogP contribution >= 0.6 is 0 Å². The number of rotatable bonds is 16. The number of hydrogen-bond donors (Lipinski definition) is 5. The van der Waals surface area contributed by atoms with Crippen LogP contribution in [0.15, 0.2) is 30.3 Å². The van der Waals surface area contributed by atoms with E-state index in [0.29, 0.717) is 19.3 Å². The summed E-state index contributed by atoms with van der Waals surface area (Å²) in [4.78, 5) is 63.5. The van der Waals surface area contributed by atoms with Gasteiger partial charge in [0.05, 0.1) is 6.61 Å². The third-order valence-corrected chi connectivity index (χ3v) is 5.99. The standard InChI is InChI=1S/C28H45N5O6/c1-7-12-20(25(35)31-21(24(29)34)15-17(3)4)30-27(37)23(18(5)6)33-26(36)22(32-28(38)39-8-2)16-19-13-10-9-11-14-19/h9-11,13-14,17-18,20-23H,7-8,12,15-16H2,1-6H3,(H2,29,34)(H,30,37)(H,31,35)(H,32,38)(H,33,36)/t20-,21-,22-,23-/m0/s1. The van der Waals surface area contributed by atoms with Crippen LogP contribution < -0.4 is 27.0 Å². The molecule has 5 amide bonds. The minimum absolute atomic E-state index is 0.120. The van der Waals surface area contributed by atoms with E-state index in [4.69, 9.17) is 10.5 Å². The Morgan fingerprint density at radius 2 is 1.38 bits per heavy atom. The molecule has 0 unspecified atom stereocenters. The fourth-order valence-electron chi connectivity index (χ4n) is 3.97. The largest absolute Gasteiger partial charge is 0.450 e. The maximum absolute atomic E-state index is 13.3. The van der Waals surface area contributed by atoms with E-state index in [1.807, 2.05) is 51.1 Å². The van der Waals surface area contributed by atoms with Crippen molar-refractivity contribution in [3.63, 3.8) is 0 Å². The van der Waals surface area contributed by atoms with Gasteiger partial charge in [0.25, 0.3) is 0 Å². The Kier molecular flexibility index (Phi) is 14.6. The van der Waals surface area contributed by atoms with Gasteiger partial charge in [-0.3, -0.25) is 19.2 Å². The first-order valence-corrected chi connectivity index (χ1v) is 13.6. The van der Waals surface area contributed by atoms with Crippen LogP contribution in [0.3, 0.4) is 0 Å². The highest BCUT2D eigenvalue weighted by Gasteiger charge is 2.32. The smallest absolute Gasteiger partial charge is 0.407 e. The van der Waals surface area contributed by atoms with E-state index in [2.05, 4.69) is 21.3 Å². The van der Waals surface area contributed by atoms with Crippen LogP contribution in [0.1, 0.15) is 66.4 Å². The van der Waals surface area contributed by atoms with Crippen molar-refractivity contribution >= 4 is 29.7 Å². The van der Waals surface area contributed by atoms with Gasteiger partial charge in [0, 0.05) is 6.42 Å². The molecule has 0 aromatic heterocycles. The minimum atomic E-state index is -0.998. The molecule has 218 valence electrons. The number of benzene rings is 1. The second-order valence-corrected chi connectivity index (χ2v) is 10.3. The van der Waals surface area contributed by atoms with Gasteiger partial charge in [-0.25, -0.2) is 4.79 Å². The Hall–Kier alpha value is -3.63. The van der Waals surface area contributed by atoms with Crippen LogP contribution in [0.25, 0.3) is 0 Å². The highest BCUT2D eigenvalue weighted by Crippen LogP contribution is 2.10. The highest BCUT2D eigenvalue weighted by atomic mass is 16.5. The SMILES string of the molecule is CCC[C@H](NC(=O)[C@@H](NC(=O)[C@H](Cc1ccccc1)NC(=O)OCC)C(C)C)C(=O)N[C@@H](CC(C)C)C(N)=O. The van der Waals surface area contributed by atoms with Gasteiger partial charge in [-0.05, 0) is 37.2 Å². The first kappa shape index (κ1) is 33.4. The molecule has 1 aromatic carbocycles. The van der Waals surface area contributed by atoms with Gasteiger partial charge >= 0.3 is 6.09 Å². The first-order valence-electron chi connectivity index (χ1n) is 13.6. The van der Waals surface area contributed by atoms with Crippen molar-refractivity contribution in [1.82, 2.24) is 21.3 Å². The Morgan fingerprint density at radius 1 is 0.795 bits per heavy atom. The summed E-state index contributed by atoms with van der Waals surface area (Å²) in [6.45, 7) is 11.0. The van der Waals surface area contributed by atoms with Gasteiger partial charge in [-0.15, -0.1) is 0 Å². The third-order valence-electron chi connectivity index (χ3n) is 5.99. The van der Waals surface area contributed by atoms with Crippen molar-refractivity contribution < 1.29 is 28.7 Å². The van der Waals surface area contributed by atoms with Crippen LogP contribution in [0, 0.1) is 11.8 Å². The van der Waals surface area contributed by atoms with Crippen LogP contribution in [0.5, 0.6) is 0 Å². The number of hydrogen-bond acceptors (Lipinski definition) is 6. The molecule has 0 spiro atoms. The van der Waals surface area contributed by atoms with Crippen LogP contribution in [-0.4, -0.2) is 60.5 Å². The molecule has 1 aromatic rings. The number of nitrogens with two attached hydrogens (primary N) is 1. The molecule has 1 rings (SSSR count). The van der Waals surface area contributed by atoms with E-state index in [0.717, 1.165) is 5.56 Å². The molecule has 0 radical (unpaired) electrons. The summed E-state index contributed by atoms with van der Waals surface area (Å²) in [6, 6.07) is 5.36. The normalized spacial score (nSPS) is 14.1. The number of primary amides is 1. The van der Waals surface area contributed by atoms with E-state index in [9.17, 15) is 24.0 Å². The van der Waals surface area contributed by atoms with Crippen LogP contribution in [0.4, 0.5) is 4.79 Å². The molecule has 4 atom stereocenters. The highest BCUT2D eigenvalue weighted by molar-refractivity contribution is 5.95. The number of carbonyl (C=O) groups is 5. The quantitative estimate of drug-likeness (QED) is 0.211. The van der Waals surface area contributed by atoms with E-state index in [1.165, 1.54) is 0 Å². The van der Waals surface area contributed by atoms with Crippen molar-refractivity contribution in [2.45, 2.75) is 91.4 Å². The number of amides is 5. The molecular formula is C28H45N5O6. The lowest BCUT2D eigenvalue weighted by Crippen LogP contribution is -2.59. The molecule has 0 heterocycles. The van der Waals surface area contributed by atoms with Crippen LogP contribution in [-0.2, 0) is 30.3 Å². The maximum Gasteiger partial charge on any atom is 0.407 e. The van der Waals surface area contributed by atoms with Gasteiger partial charge in [0.15, 0.2) is 0 Å². The van der Waals surface area contributed by atoms with Crippen molar-refractivity contribution in [3.8, 4) is 0 Å². The molecule has 0 aliphatic carbocycles. The van der Waals surface area contributed by atoms with Gasteiger partial charge in [-0.1, -0.05) is 71.4 Å². The average Bonchev–Trinajstić information content (AvgIpc) is 2.86. The second kappa shape index (κ2) is 17.1. The molecule has 11 heteroatoms. The van der Waals surface area contributed by atoms with E-state index in [1.54, 1.807) is 20.8 Å². The zero-order chi connectivity index (χ0) is 29.5. The summed E-state index contributed by atoms with van der Waals surface area (Å²) >= 11 is 0. The second-order valence-electron chi connectivity index (χ2n) is 10.3. The fourth-order valence-corrected chi connectivity index (χ4v) is 3.97. The van der Waals surface area contributed by atoms with E-state index >= 15 is 0 Å². The van der Waals surface area contributed by atoms with Gasteiger partial charge < -0.3 is 31.7 Å². The summed E-state index contributed by atoms with van der Waals surface area (Å²) in [5, 5.41) is 10.7. The molecule has 0 bridgehead atoms. The Morgan fingerprint density at radius 3 is 1.90 bits per heavy atom. The monoisotopic (exact) mass is 547 g/mol. The molecule has 39 heavy (non-hydrogen) atoms. The molecule has 0 aliphatic heterocycles. The number of nitrogens with one attached hydrogen (secondary N) is 4. The zero-order valence-electron chi connectivity index (χ0n) is 23.9. The van der Waals surface area contributed by atoms with Gasteiger partial charge in [0.1, 0.15) is 24.2 Å².